The van der Waals surface area contributed by atoms with Gasteiger partial charge in [-0.1, -0.05) is 0 Å². The minimum atomic E-state index is -0.844. The van der Waals surface area contributed by atoms with Gasteiger partial charge in [-0.25, -0.2) is 9.59 Å². The number of nitrogens with one attached hydrogen (secondary N) is 1. The first-order valence-corrected chi connectivity index (χ1v) is 7.81. The van der Waals surface area contributed by atoms with Crippen LogP contribution in [0.2, 0.25) is 0 Å². The normalized spacial score (nSPS) is 19.5. The number of nitrogens with zero attached hydrogens (tertiary/aromatic N) is 1. The van der Waals surface area contributed by atoms with Crippen molar-refractivity contribution in [2.24, 2.45) is 0 Å². The van der Waals surface area contributed by atoms with Gasteiger partial charge in [0.1, 0.15) is 17.7 Å². The zero-order valence-corrected chi connectivity index (χ0v) is 14.3. The van der Waals surface area contributed by atoms with E-state index in [1.807, 2.05) is 0 Å². The number of ether oxygens (including phenoxy) is 2. The van der Waals surface area contributed by atoms with Gasteiger partial charge >= 0.3 is 12.1 Å². The van der Waals surface area contributed by atoms with E-state index in [2.05, 4.69) is 17.9 Å². The van der Waals surface area contributed by atoms with Crippen LogP contribution < -0.4 is 5.32 Å². The fraction of sp³-hybridized carbons (Fsp3) is 0.786. The molecule has 1 saturated heterocycles. The molecule has 126 valence electrons. The molecule has 8 heteroatoms. The highest BCUT2D eigenvalue weighted by Gasteiger charge is 2.38. The Balaban J connectivity index is 2.71. The number of carbonyl (C=O) groups is 3. The third kappa shape index (κ3) is 5.08. The maximum Gasteiger partial charge on any atom is 0.408 e. The van der Waals surface area contributed by atoms with Gasteiger partial charge in [-0.3, -0.25) is 4.79 Å². The van der Waals surface area contributed by atoms with Crippen LogP contribution in [0.15, 0.2) is 0 Å². The lowest BCUT2D eigenvalue weighted by Gasteiger charge is -2.28. The van der Waals surface area contributed by atoms with Crippen molar-refractivity contribution in [1.29, 1.82) is 0 Å². The summed E-state index contributed by atoms with van der Waals surface area (Å²) in [5.41, 5.74) is -0.656. The molecule has 1 aliphatic rings. The van der Waals surface area contributed by atoms with Crippen LogP contribution in [-0.2, 0) is 19.1 Å². The van der Waals surface area contributed by atoms with E-state index in [0.29, 0.717) is 13.0 Å². The molecular formula is C14H24N2O5S. The molecule has 1 heterocycles. The van der Waals surface area contributed by atoms with E-state index in [1.165, 1.54) is 12.0 Å². The van der Waals surface area contributed by atoms with Crippen LogP contribution in [0.25, 0.3) is 0 Å². The molecule has 2 atom stereocenters. The number of methoxy groups -OCH3 is 1. The van der Waals surface area contributed by atoms with Gasteiger partial charge in [0.2, 0.25) is 5.91 Å². The molecule has 0 bridgehead atoms. The predicted molar refractivity (Wildman–Crippen MR) is 83.8 cm³/mol. The molecule has 1 fully saturated rings. The van der Waals surface area contributed by atoms with Crippen molar-refractivity contribution < 1.29 is 23.9 Å². The summed E-state index contributed by atoms with van der Waals surface area (Å²) in [6.45, 7) is 5.66. The lowest BCUT2D eigenvalue weighted by atomic mass is 10.2. The van der Waals surface area contributed by atoms with Crippen molar-refractivity contribution in [3.63, 3.8) is 0 Å². The number of alkyl carbamates (subject to hydrolysis) is 1. The number of carbonyl (C=O) groups excluding carboxylic acids is 3. The summed E-state index contributed by atoms with van der Waals surface area (Å²) < 4.78 is 9.84. The Kier molecular flexibility index (Phi) is 6.52. The molecule has 7 nitrogen and oxygen atoms in total. The van der Waals surface area contributed by atoms with E-state index < -0.39 is 29.7 Å². The molecule has 1 rings (SSSR count). The van der Waals surface area contributed by atoms with Gasteiger partial charge in [-0.15, -0.1) is 0 Å². The van der Waals surface area contributed by atoms with E-state index in [9.17, 15) is 14.4 Å². The Labute approximate surface area is 136 Å². The van der Waals surface area contributed by atoms with Crippen LogP contribution in [0, 0.1) is 0 Å². The fourth-order valence-electron chi connectivity index (χ4n) is 2.25. The van der Waals surface area contributed by atoms with Gasteiger partial charge in [0.25, 0.3) is 0 Å². The number of amides is 2. The minimum absolute atomic E-state index is 0.114. The first kappa shape index (κ1) is 18.6. The third-order valence-corrected chi connectivity index (χ3v) is 3.55. The third-order valence-electron chi connectivity index (χ3n) is 3.18. The molecule has 0 spiro atoms. The van der Waals surface area contributed by atoms with Gasteiger partial charge in [0.15, 0.2) is 0 Å². The molecule has 1 aliphatic heterocycles. The van der Waals surface area contributed by atoms with Gasteiger partial charge in [0.05, 0.1) is 7.11 Å². The average molecular weight is 332 g/mol. The van der Waals surface area contributed by atoms with E-state index in [1.54, 1.807) is 20.8 Å². The highest BCUT2D eigenvalue weighted by Crippen LogP contribution is 2.20. The largest absolute Gasteiger partial charge is 0.467 e. The van der Waals surface area contributed by atoms with Crippen LogP contribution >= 0.6 is 12.6 Å². The van der Waals surface area contributed by atoms with E-state index in [0.717, 1.165) is 6.42 Å². The van der Waals surface area contributed by atoms with Crippen molar-refractivity contribution in [3.8, 4) is 0 Å². The minimum Gasteiger partial charge on any atom is -0.467 e. The van der Waals surface area contributed by atoms with Gasteiger partial charge < -0.3 is 19.7 Å². The Bertz CT molecular complexity index is 435. The van der Waals surface area contributed by atoms with E-state index in [-0.39, 0.29) is 11.7 Å². The summed E-state index contributed by atoms with van der Waals surface area (Å²) in [7, 11) is 1.29. The van der Waals surface area contributed by atoms with Crippen LogP contribution in [0.1, 0.15) is 33.6 Å². The standard InChI is InChI=1S/C14H24N2O5S/c1-14(2,3)21-13(19)15-9(8-22)11(17)16-7-5-6-10(16)12(18)20-4/h9-10,22H,5-8H2,1-4H3,(H,15,19)/t9-,10-/m0/s1. The number of rotatable bonds is 4. The smallest absolute Gasteiger partial charge is 0.408 e. The number of hydrogen-bond donors (Lipinski definition) is 2. The molecule has 0 aliphatic carbocycles. The van der Waals surface area contributed by atoms with Gasteiger partial charge in [0, 0.05) is 12.3 Å². The van der Waals surface area contributed by atoms with Crippen molar-refractivity contribution in [2.45, 2.75) is 51.3 Å². The Hall–Kier alpha value is -1.44. The molecule has 0 radical (unpaired) electrons. The molecule has 0 saturated carbocycles. The molecule has 22 heavy (non-hydrogen) atoms. The Morgan fingerprint density at radius 3 is 2.50 bits per heavy atom. The average Bonchev–Trinajstić information content (AvgIpc) is 2.90. The van der Waals surface area contributed by atoms with E-state index >= 15 is 0 Å². The highest BCUT2D eigenvalue weighted by atomic mass is 32.1. The summed E-state index contributed by atoms with van der Waals surface area (Å²) in [5, 5.41) is 2.50. The zero-order chi connectivity index (χ0) is 16.9. The molecule has 0 aromatic heterocycles. The van der Waals surface area contributed by atoms with Crippen LogP contribution in [0.4, 0.5) is 4.79 Å². The van der Waals surface area contributed by atoms with Crippen molar-refractivity contribution in [3.05, 3.63) is 0 Å². The summed E-state index contributed by atoms with van der Waals surface area (Å²) >= 11 is 4.10. The molecule has 0 unspecified atom stereocenters. The Morgan fingerprint density at radius 1 is 1.36 bits per heavy atom. The van der Waals surface area contributed by atoms with Crippen molar-refractivity contribution in [2.75, 3.05) is 19.4 Å². The quantitative estimate of drug-likeness (QED) is 0.592. The van der Waals surface area contributed by atoms with Crippen LogP contribution in [-0.4, -0.2) is 60.0 Å². The molecule has 0 aromatic rings. The highest BCUT2D eigenvalue weighted by molar-refractivity contribution is 7.80. The topological polar surface area (TPSA) is 84.9 Å². The molecule has 0 aromatic carbocycles. The second-order valence-electron chi connectivity index (χ2n) is 6.09. The fourth-order valence-corrected chi connectivity index (χ4v) is 2.49. The lowest BCUT2D eigenvalue weighted by Crippen LogP contribution is -2.53. The summed E-state index contributed by atoms with van der Waals surface area (Å²) in [6.07, 6.45) is 0.593. The van der Waals surface area contributed by atoms with E-state index in [4.69, 9.17) is 9.47 Å². The number of hydrogen-bond acceptors (Lipinski definition) is 6. The maximum atomic E-state index is 12.5. The summed E-state index contributed by atoms with van der Waals surface area (Å²) in [6, 6.07) is -1.44. The number of thiol groups is 1. The van der Waals surface area contributed by atoms with Gasteiger partial charge in [-0.2, -0.15) is 12.6 Å². The first-order chi connectivity index (χ1) is 10.2. The second kappa shape index (κ2) is 7.71. The van der Waals surface area contributed by atoms with Gasteiger partial charge in [-0.05, 0) is 33.6 Å². The monoisotopic (exact) mass is 332 g/mol. The zero-order valence-electron chi connectivity index (χ0n) is 13.4. The molecular weight excluding hydrogens is 308 g/mol. The lowest BCUT2D eigenvalue weighted by molar-refractivity contribution is -0.151. The SMILES string of the molecule is COC(=O)[C@@H]1CCCN1C(=O)[C@H](CS)NC(=O)OC(C)(C)C. The number of esters is 1. The summed E-state index contributed by atoms with van der Waals surface area (Å²) in [4.78, 5) is 37.4. The number of likely N-dealkylation sites (tertiary alicyclic amines) is 1. The van der Waals surface area contributed by atoms with Crippen molar-refractivity contribution >= 4 is 30.6 Å². The molecule has 1 N–H and O–H groups in total. The first-order valence-electron chi connectivity index (χ1n) is 7.18. The summed E-state index contributed by atoms with van der Waals surface area (Å²) in [5.74, 6) is -0.683. The van der Waals surface area contributed by atoms with Crippen LogP contribution in [0.5, 0.6) is 0 Å². The Morgan fingerprint density at radius 2 is 2.00 bits per heavy atom. The maximum absolute atomic E-state index is 12.5. The second-order valence-corrected chi connectivity index (χ2v) is 6.46. The van der Waals surface area contributed by atoms with Crippen molar-refractivity contribution in [1.82, 2.24) is 10.2 Å². The molecule has 2 amide bonds. The van der Waals surface area contributed by atoms with Crippen LogP contribution in [0.3, 0.4) is 0 Å². The predicted octanol–water partition coefficient (Wildman–Crippen LogP) is 0.973.